The summed E-state index contributed by atoms with van der Waals surface area (Å²) >= 11 is 0. The van der Waals surface area contributed by atoms with Crippen molar-refractivity contribution in [2.75, 3.05) is 0 Å². The van der Waals surface area contributed by atoms with E-state index in [0.29, 0.717) is 0 Å². The number of hydrogen-bond donors (Lipinski definition) is 1. The average molecular weight is 230 g/mol. The molecule has 0 amide bonds. The molecule has 0 aromatic heterocycles. The number of benzene rings is 1. The van der Waals surface area contributed by atoms with Gasteiger partial charge < -0.3 is 5.11 Å². The second kappa shape index (κ2) is 4.38. The van der Waals surface area contributed by atoms with Gasteiger partial charge in [0.1, 0.15) is 5.76 Å². The molecule has 0 saturated heterocycles. The van der Waals surface area contributed by atoms with Crippen LogP contribution in [0.1, 0.15) is 11.1 Å². The van der Waals surface area contributed by atoms with E-state index in [-0.39, 0.29) is 11.6 Å². The first-order valence-corrected chi connectivity index (χ1v) is 4.39. The minimum atomic E-state index is -4.96. The summed E-state index contributed by atoms with van der Waals surface area (Å²) in [4.78, 5) is 10.6. The van der Waals surface area contributed by atoms with E-state index in [4.69, 9.17) is 0 Å². The number of aliphatic hydroxyl groups is 1. The highest BCUT2D eigenvalue weighted by Crippen LogP contribution is 2.20. The molecule has 0 aliphatic rings. The molecule has 0 unspecified atom stereocenters. The summed E-state index contributed by atoms with van der Waals surface area (Å²) in [6.07, 6.45) is -4.79. The van der Waals surface area contributed by atoms with E-state index in [1.807, 2.05) is 0 Å². The standard InChI is InChI=1S/C11H9F3O2/c1-7-3-2-4-8(5-7)9(15)6-10(16)11(12,13)14/h2-6,15H,1H3/b9-6-. The Bertz CT molecular complexity index is 433. The van der Waals surface area contributed by atoms with E-state index in [1.165, 1.54) is 12.1 Å². The molecule has 0 aliphatic heterocycles. The normalized spacial score (nSPS) is 12.6. The molecule has 0 fully saturated rings. The van der Waals surface area contributed by atoms with Crippen LogP contribution in [-0.2, 0) is 4.79 Å². The summed E-state index contributed by atoms with van der Waals surface area (Å²) in [5.41, 5.74) is 0.953. The van der Waals surface area contributed by atoms with Crippen LogP contribution in [0.4, 0.5) is 13.2 Å². The molecule has 0 atom stereocenters. The Labute approximate surface area is 90.0 Å². The van der Waals surface area contributed by atoms with Crippen molar-refractivity contribution in [3.05, 3.63) is 41.5 Å². The quantitative estimate of drug-likeness (QED) is 0.626. The molecular formula is C11H9F3O2. The maximum atomic E-state index is 11.9. The van der Waals surface area contributed by atoms with Gasteiger partial charge in [-0.15, -0.1) is 0 Å². The smallest absolute Gasteiger partial charge is 0.454 e. The third kappa shape index (κ3) is 3.12. The van der Waals surface area contributed by atoms with Crippen molar-refractivity contribution in [3.63, 3.8) is 0 Å². The Hall–Kier alpha value is -1.78. The number of carbonyl (C=O) groups is 1. The highest BCUT2D eigenvalue weighted by Gasteiger charge is 2.36. The Morgan fingerprint density at radius 2 is 2.00 bits per heavy atom. The van der Waals surface area contributed by atoms with Gasteiger partial charge in [0.2, 0.25) is 0 Å². The van der Waals surface area contributed by atoms with Crippen LogP contribution in [0.2, 0.25) is 0 Å². The van der Waals surface area contributed by atoms with Gasteiger partial charge in [0.05, 0.1) is 0 Å². The lowest BCUT2D eigenvalue weighted by Gasteiger charge is -2.03. The van der Waals surface area contributed by atoms with Gasteiger partial charge in [-0.05, 0) is 13.0 Å². The molecular weight excluding hydrogens is 221 g/mol. The zero-order valence-corrected chi connectivity index (χ0v) is 8.38. The van der Waals surface area contributed by atoms with Gasteiger partial charge in [-0.1, -0.05) is 23.8 Å². The molecule has 1 N–H and O–H groups in total. The molecule has 0 saturated carbocycles. The third-order valence-electron chi connectivity index (χ3n) is 1.86. The maximum absolute atomic E-state index is 11.9. The molecule has 5 heteroatoms. The second-order valence-electron chi connectivity index (χ2n) is 3.26. The van der Waals surface area contributed by atoms with Crippen molar-refractivity contribution in [1.82, 2.24) is 0 Å². The highest BCUT2D eigenvalue weighted by atomic mass is 19.4. The van der Waals surface area contributed by atoms with Crippen molar-refractivity contribution in [2.45, 2.75) is 13.1 Å². The van der Waals surface area contributed by atoms with Crippen LogP contribution < -0.4 is 0 Å². The van der Waals surface area contributed by atoms with Gasteiger partial charge in [-0.25, -0.2) is 0 Å². The molecule has 1 aromatic rings. The molecule has 0 aliphatic carbocycles. The first kappa shape index (κ1) is 12.3. The van der Waals surface area contributed by atoms with Crippen LogP contribution >= 0.6 is 0 Å². The van der Waals surface area contributed by atoms with Crippen LogP contribution in [0.5, 0.6) is 0 Å². The summed E-state index contributed by atoms with van der Waals surface area (Å²) in [5.74, 6) is -2.77. The van der Waals surface area contributed by atoms with Gasteiger partial charge in [0, 0.05) is 11.6 Å². The highest BCUT2D eigenvalue weighted by molar-refractivity contribution is 5.99. The summed E-state index contributed by atoms with van der Waals surface area (Å²) < 4.78 is 35.7. The van der Waals surface area contributed by atoms with Crippen molar-refractivity contribution >= 4 is 11.5 Å². The molecule has 16 heavy (non-hydrogen) atoms. The van der Waals surface area contributed by atoms with Crippen LogP contribution in [0, 0.1) is 6.92 Å². The van der Waals surface area contributed by atoms with E-state index in [2.05, 4.69) is 0 Å². The SMILES string of the molecule is Cc1cccc(/C(O)=C/C(=O)C(F)(F)F)c1. The molecule has 0 heterocycles. The molecule has 0 bridgehead atoms. The lowest BCUT2D eigenvalue weighted by atomic mass is 10.1. The predicted molar refractivity (Wildman–Crippen MR) is 52.8 cm³/mol. The number of aliphatic hydroxyl groups excluding tert-OH is 1. The number of hydrogen-bond acceptors (Lipinski definition) is 2. The number of ketones is 1. The van der Waals surface area contributed by atoms with Gasteiger partial charge in [-0.3, -0.25) is 4.79 Å². The minimum absolute atomic E-state index is 0.175. The van der Waals surface area contributed by atoms with Crippen molar-refractivity contribution in [1.29, 1.82) is 0 Å². The molecule has 0 spiro atoms. The number of alkyl halides is 3. The topological polar surface area (TPSA) is 37.3 Å². The summed E-state index contributed by atoms with van der Waals surface area (Å²) in [5, 5.41) is 9.32. The predicted octanol–water partition coefficient (Wildman–Crippen LogP) is 3.03. The van der Waals surface area contributed by atoms with Crippen molar-refractivity contribution in [3.8, 4) is 0 Å². The zero-order valence-electron chi connectivity index (χ0n) is 8.38. The summed E-state index contributed by atoms with van der Waals surface area (Å²) in [6, 6.07) is 6.20. The molecule has 1 rings (SSSR count). The van der Waals surface area contributed by atoms with E-state index < -0.39 is 17.7 Å². The molecule has 0 radical (unpaired) electrons. The van der Waals surface area contributed by atoms with Gasteiger partial charge >= 0.3 is 6.18 Å². The van der Waals surface area contributed by atoms with Crippen molar-refractivity contribution < 1.29 is 23.1 Å². The maximum Gasteiger partial charge on any atom is 0.454 e. The first-order chi connectivity index (χ1) is 7.30. The number of aryl methyl sites for hydroxylation is 1. The van der Waals surface area contributed by atoms with Crippen LogP contribution in [0.3, 0.4) is 0 Å². The number of halogens is 3. The van der Waals surface area contributed by atoms with E-state index >= 15 is 0 Å². The van der Waals surface area contributed by atoms with E-state index in [1.54, 1.807) is 19.1 Å². The van der Waals surface area contributed by atoms with Gasteiger partial charge in [-0.2, -0.15) is 13.2 Å². The van der Waals surface area contributed by atoms with Crippen LogP contribution in [-0.4, -0.2) is 17.1 Å². The number of carbonyl (C=O) groups excluding carboxylic acids is 1. The number of allylic oxidation sites excluding steroid dienone is 1. The fourth-order valence-electron chi connectivity index (χ4n) is 1.09. The Morgan fingerprint density at radius 3 is 2.50 bits per heavy atom. The van der Waals surface area contributed by atoms with E-state index in [0.717, 1.165) is 5.56 Å². The third-order valence-corrected chi connectivity index (χ3v) is 1.86. The van der Waals surface area contributed by atoms with Crippen LogP contribution in [0.15, 0.2) is 30.3 Å². The minimum Gasteiger partial charge on any atom is -0.507 e. The number of rotatable bonds is 2. The zero-order chi connectivity index (χ0) is 12.3. The summed E-state index contributed by atoms with van der Waals surface area (Å²) in [7, 11) is 0. The molecule has 86 valence electrons. The van der Waals surface area contributed by atoms with Crippen LogP contribution in [0.25, 0.3) is 5.76 Å². The fourth-order valence-corrected chi connectivity index (χ4v) is 1.09. The van der Waals surface area contributed by atoms with Gasteiger partial charge in [0.25, 0.3) is 5.78 Å². The molecule has 2 nitrogen and oxygen atoms in total. The Morgan fingerprint density at radius 1 is 1.38 bits per heavy atom. The molecule has 1 aromatic carbocycles. The van der Waals surface area contributed by atoms with Gasteiger partial charge in [0.15, 0.2) is 0 Å². The van der Waals surface area contributed by atoms with E-state index in [9.17, 15) is 23.1 Å². The average Bonchev–Trinajstić information content (AvgIpc) is 2.16. The second-order valence-corrected chi connectivity index (χ2v) is 3.26. The lowest BCUT2D eigenvalue weighted by Crippen LogP contribution is -2.20. The fraction of sp³-hybridized carbons (Fsp3) is 0.182. The summed E-state index contributed by atoms with van der Waals surface area (Å²) in [6.45, 7) is 1.72. The Kier molecular flexibility index (Phi) is 3.37. The largest absolute Gasteiger partial charge is 0.507 e. The first-order valence-electron chi connectivity index (χ1n) is 4.39. The Balaban J connectivity index is 2.99. The lowest BCUT2D eigenvalue weighted by molar-refractivity contribution is -0.165. The van der Waals surface area contributed by atoms with Crippen molar-refractivity contribution in [2.24, 2.45) is 0 Å². The monoisotopic (exact) mass is 230 g/mol.